The smallest absolute Gasteiger partial charge is 0.136 e. The summed E-state index contributed by atoms with van der Waals surface area (Å²) < 4.78 is 1.86. The summed E-state index contributed by atoms with van der Waals surface area (Å²) in [4.78, 5) is 4.44. The van der Waals surface area contributed by atoms with Gasteiger partial charge in [-0.1, -0.05) is 110 Å². The fourth-order valence-corrected chi connectivity index (χ4v) is 1.45. The standard InChI is InChI=1S/C13H12N2.C4H6.3C2H6/c1-3-13-14-12(10-15(13)4-2)11-8-6-5-7-9-11;1-3-4-2;3*1-2/h3-10H,1-2H2;3-4H,1-2H2;3*1-2H3. The normalized spacial score (nSPS) is 7.44. The Balaban J connectivity index is -0.000000412. The fourth-order valence-electron chi connectivity index (χ4n) is 1.45. The molecular formula is C23H36N2. The Bertz CT molecular complexity index is 532. The SMILES string of the molecule is C=CC=C.C=Cc1nc(-c2ccccc2)cn1C=C.CC.CC.CC. The predicted molar refractivity (Wildman–Crippen MR) is 119 cm³/mol. The van der Waals surface area contributed by atoms with Gasteiger partial charge in [0, 0.05) is 18.0 Å². The van der Waals surface area contributed by atoms with E-state index in [0.29, 0.717) is 0 Å². The first-order chi connectivity index (χ1) is 12.3. The van der Waals surface area contributed by atoms with Crippen LogP contribution in [0, 0.1) is 0 Å². The lowest BCUT2D eigenvalue weighted by molar-refractivity contribution is 1.11. The van der Waals surface area contributed by atoms with E-state index in [1.807, 2.05) is 82.6 Å². The second kappa shape index (κ2) is 21.4. The lowest BCUT2D eigenvalue weighted by atomic mass is 10.2. The van der Waals surface area contributed by atoms with Crippen LogP contribution in [-0.4, -0.2) is 9.55 Å². The monoisotopic (exact) mass is 340 g/mol. The first kappa shape index (κ1) is 27.2. The molecule has 0 fully saturated rings. The van der Waals surface area contributed by atoms with Gasteiger partial charge in [-0.3, -0.25) is 0 Å². The number of benzene rings is 1. The third-order valence-electron chi connectivity index (χ3n) is 2.38. The van der Waals surface area contributed by atoms with Crippen LogP contribution >= 0.6 is 0 Å². The van der Waals surface area contributed by atoms with Crippen LogP contribution in [0.4, 0.5) is 0 Å². The molecule has 2 aromatic rings. The Morgan fingerprint density at radius 2 is 1.28 bits per heavy atom. The minimum atomic E-state index is 0.809. The molecule has 2 rings (SSSR count). The molecule has 0 bridgehead atoms. The average Bonchev–Trinajstić information content (AvgIpc) is 3.17. The average molecular weight is 341 g/mol. The van der Waals surface area contributed by atoms with Crippen molar-refractivity contribution >= 4 is 12.3 Å². The lowest BCUT2D eigenvalue weighted by Crippen LogP contribution is -1.85. The van der Waals surface area contributed by atoms with E-state index in [0.717, 1.165) is 17.1 Å². The number of aromatic nitrogens is 2. The maximum Gasteiger partial charge on any atom is 0.136 e. The molecule has 0 aliphatic heterocycles. The summed E-state index contributed by atoms with van der Waals surface area (Å²) in [5.41, 5.74) is 2.03. The van der Waals surface area contributed by atoms with Crippen LogP contribution in [0.25, 0.3) is 23.5 Å². The van der Waals surface area contributed by atoms with Crippen LogP contribution in [0.5, 0.6) is 0 Å². The highest BCUT2D eigenvalue weighted by Crippen LogP contribution is 2.18. The van der Waals surface area contributed by atoms with Crippen molar-refractivity contribution in [3.63, 3.8) is 0 Å². The molecule has 1 aromatic heterocycles. The van der Waals surface area contributed by atoms with E-state index in [2.05, 4.69) is 31.3 Å². The van der Waals surface area contributed by atoms with Crippen molar-refractivity contribution in [1.29, 1.82) is 0 Å². The number of allylic oxidation sites excluding steroid dienone is 2. The van der Waals surface area contributed by atoms with Crippen molar-refractivity contribution in [2.24, 2.45) is 0 Å². The van der Waals surface area contributed by atoms with Gasteiger partial charge in [0.25, 0.3) is 0 Å². The molecule has 0 spiro atoms. The fraction of sp³-hybridized carbons (Fsp3) is 0.261. The van der Waals surface area contributed by atoms with Crippen LogP contribution in [-0.2, 0) is 0 Å². The van der Waals surface area contributed by atoms with E-state index in [4.69, 9.17) is 0 Å². The lowest BCUT2D eigenvalue weighted by Gasteiger charge is -1.93. The zero-order valence-corrected chi connectivity index (χ0v) is 17.0. The molecule has 25 heavy (non-hydrogen) atoms. The van der Waals surface area contributed by atoms with Gasteiger partial charge in [-0.15, -0.1) is 0 Å². The van der Waals surface area contributed by atoms with Gasteiger partial charge in [-0.05, 0) is 6.08 Å². The first-order valence-corrected chi connectivity index (χ1v) is 8.89. The summed E-state index contributed by atoms with van der Waals surface area (Å²) in [6, 6.07) is 10.0. The zero-order chi connectivity index (χ0) is 20.1. The highest BCUT2D eigenvalue weighted by atomic mass is 15.0. The van der Waals surface area contributed by atoms with Crippen molar-refractivity contribution in [3.05, 3.63) is 80.8 Å². The van der Waals surface area contributed by atoms with Crippen molar-refractivity contribution in [2.45, 2.75) is 41.5 Å². The van der Waals surface area contributed by atoms with E-state index in [1.54, 1.807) is 24.4 Å². The summed E-state index contributed by atoms with van der Waals surface area (Å²) in [5, 5.41) is 0. The van der Waals surface area contributed by atoms with Gasteiger partial charge in [0.15, 0.2) is 0 Å². The van der Waals surface area contributed by atoms with Crippen LogP contribution in [0.15, 0.2) is 75.0 Å². The van der Waals surface area contributed by atoms with E-state index >= 15 is 0 Å². The predicted octanol–water partition coefficient (Wildman–Crippen LogP) is 7.73. The molecule has 0 amide bonds. The molecule has 0 unspecified atom stereocenters. The zero-order valence-electron chi connectivity index (χ0n) is 17.0. The molecule has 0 radical (unpaired) electrons. The van der Waals surface area contributed by atoms with Gasteiger partial charge in [0.2, 0.25) is 0 Å². The number of imidazole rings is 1. The van der Waals surface area contributed by atoms with Crippen LogP contribution in [0.3, 0.4) is 0 Å². The Morgan fingerprint density at radius 1 is 0.800 bits per heavy atom. The van der Waals surface area contributed by atoms with E-state index in [1.165, 1.54) is 0 Å². The maximum atomic E-state index is 4.44. The summed E-state index contributed by atoms with van der Waals surface area (Å²) in [7, 11) is 0. The first-order valence-electron chi connectivity index (χ1n) is 8.89. The molecule has 0 saturated heterocycles. The van der Waals surface area contributed by atoms with Gasteiger partial charge in [0.05, 0.1) is 5.69 Å². The minimum Gasteiger partial charge on any atom is -0.307 e. The second-order valence-corrected chi connectivity index (χ2v) is 3.62. The molecule has 0 saturated carbocycles. The highest BCUT2D eigenvalue weighted by Gasteiger charge is 2.04. The summed E-state index contributed by atoms with van der Waals surface area (Å²) in [6.45, 7) is 26.2. The number of rotatable bonds is 4. The van der Waals surface area contributed by atoms with Crippen molar-refractivity contribution in [1.82, 2.24) is 9.55 Å². The Morgan fingerprint density at radius 3 is 1.60 bits per heavy atom. The Labute approximate surface area is 156 Å². The number of nitrogens with zero attached hydrogens (tertiary/aromatic N) is 2. The van der Waals surface area contributed by atoms with Gasteiger partial charge < -0.3 is 4.57 Å². The third kappa shape index (κ3) is 11.5. The number of hydrogen-bond acceptors (Lipinski definition) is 1. The molecule has 0 N–H and O–H groups in total. The topological polar surface area (TPSA) is 17.8 Å². The maximum absolute atomic E-state index is 4.44. The number of hydrogen-bond donors (Lipinski definition) is 0. The molecule has 1 aromatic carbocycles. The van der Waals surface area contributed by atoms with Crippen molar-refractivity contribution in [3.8, 4) is 11.3 Å². The molecule has 138 valence electrons. The molecular weight excluding hydrogens is 304 g/mol. The van der Waals surface area contributed by atoms with E-state index in [9.17, 15) is 0 Å². The molecule has 0 aliphatic carbocycles. The molecule has 2 heteroatoms. The largest absolute Gasteiger partial charge is 0.307 e. The Hall–Kier alpha value is -2.61. The van der Waals surface area contributed by atoms with Gasteiger partial charge in [-0.25, -0.2) is 4.98 Å². The molecule has 0 aliphatic rings. The summed E-state index contributed by atoms with van der Waals surface area (Å²) in [5.74, 6) is 0.809. The van der Waals surface area contributed by atoms with Crippen LogP contribution < -0.4 is 0 Å². The molecule has 0 atom stereocenters. The second-order valence-electron chi connectivity index (χ2n) is 3.62. The quantitative estimate of drug-likeness (QED) is 0.521. The van der Waals surface area contributed by atoms with Crippen LogP contribution in [0.2, 0.25) is 0 Å². The summed E-state index contributed by atoms with van der Waals surface area (Å²) >= 11 is 0. The molecule has 1 heterocycles. The highest BCUT2D eigenvalue weighted by molar-refractivity contribution is 5.61. The van der Waals surface area contributed by atoms with Gasteiger partial charge in [0.1, 0.15) is 5.82 Å². The van der Waals surface area contributed by atoms with Crippen molar-refractivity contribution in [2.75, 3.05) is 0 Å². The van der Waals surface area contributed by atoms with Crippen LogP contribution in [0.1, 0.15) is 47.4 Å². The summed E-state index contributed by atoms with van der Waals surface area (Å²) in [6.07, 6.45) is 8.66. The van der Waals surface area contributed by atoms with Gasteiger partial charge in [-0.2, -0.15) is 0 Å². The van der Waals surface area contributed by atoms with E-state index < -0.39 is 0 Å². The Kier molecular flexibility index (Phi) is 23.3. The third-order valence-corrected chi connectivity index (χ3v) is 2.38. The van der Waals surface area contributed by atoms with Gasteiger partial charge >= 0.3 is 0 Å². The van der Waals surface area contributed by atoms with Crippen molar-refractivity contribution < 1.29 is 0 Å². The van der Waals surface area contributed by atoms with E-state index in [-0.39, 0.29) is 0 Å². The molecule has 2 nitrogen and oxygen atoms in total. The minimum absolute atomic E-state index is 0.809.